The molecule has 0 saturated heterocycles. The van der Waals surface area contributed by atoms with Gasteiger partial charge in [-0.1, -0.05) is 52.3 Å². The Bertz CT molecular complexity index is 700. The van der Waals surface area contributed by atoms with Crippen molar-refractivity contribution in [2.75, 3.05) is 5.32 Å². The van der Waals surface area contributed by atoms with E-state index in [0.29, 0.717) is 12.6 Å². The topological polar surface area (TPSA) is 50.4 Å². The number of carbonyl (C=O) groups excluding carboxylic acids is 1. The highest BCUT2D eigenvalue weighted by Crippen LogP contribution is 2.28. The van der Waals surface area contributed by atoms with Crippen LogP contribution in [0.25, 0.3) is 0 Å². The molecule has 2 aromatic rings. The summed E-state index contributed by atoms with van der Waals surface area (Å²) in [4.78, 5) is 11.8. The molecule has 1 amide bonds. The molecule has 0 spiro atoms. The Morgan fingerprint density at radius 1 is 1.17 bits per heavy atom. The summed E-state index contributed by atoms with van der Waals surface area (Å²) in [5, 5.41) is 6.44. The molecule has 2 N–H and O–H groups in total. The molecule has 1 fully saturated rings. The van der Waals surface area contributed by atoms with Gasteiger partial charge < -0.3 is 15.4 Å². The first-order valence-electron chi connectivity index (χ1n) is 8.10. The van der Waals surface area contributed by atoms with Crippen molar-refractivity contribution in [2.45, 2.75) is 38.5 Å². The summed E-state index contributed by atoms with van der Waals surface area (Å²) < 4.78 is 6.31. The van der Waals surface area contributed by atoms with Crippen molar-refractivity contribution >= 4 is 27.7 Å². The van der Waals surface area contributed by atoms with Gasteiger partial charge in [0, 0.05) is 22.2 Å². The Hall–Kier alpha value is -2.01. The molecule has 24 heavy (non-hydrogen) atoms. The van der Waals surface area contributed by atoms with E-state index in [1.807, 2.05) is 36.4 Å². The van der Waals surface area contributed by atoms with Crippen LogP contribution in [0, 0.1) is 6.92 Å². The number of hydrogen-bond acceptors (Lipinski definition) is 3. The van der Waals surface area contributed by atoms with Gasteiger partial charge in [-0.05, 0) is 43.0 Å². The van der Waals surface area contributed by atoms with Crippen LogP contribution in [-0.2, 0) is 11.3 Å². The van der Waals surface area contributed by atoms with E-state index in [0.717, 1.165) is 28.6 Å². The zero-order valence-electron chi connectivity index (χ0n) is 13.6. The number of amides is 1. The minimum absolute atomic E-state index is 0.179. The molecule has 0 aliphatic heterocycles. The van der Waals surface area contributed by atoms with Gasteiger partial charge in [0.2, 0.25) is 0 Å². The van der Waals surface area contributed by atoms with Crippen molar-refractivity contribution < 1.29 is 9.53 Å². The second-order valence-electron chi connectivity index (χ2n) is 6.17. The second kappa shape index (κ2) is 7.71. The quantitative estimate of drug-likeness (QED) is 0.784. The average Bonchev–Trinajstić information content (AvgIpc) is 2.55. The highest BCUT2D eigenvalue weighted by Gasteiger charge is 2.30. The third-order valence-electron chi connectivity index (χ3n) is 4.23. The van der Waals surface area contributed by atoms with Crippen LogP contribution in [0.15, 0.2) is 53.0 Å². The standard InChI is InChI=1S/C19H21BrN2O2/c1-13-7-8-15(20)9-18(13)21-16-10-17(11-16)22-19(23)24-12-14-5-3-2-4-6-14/h2-9,16-17,21H,10-12H2,1H3,(H,22,23). The van der Waals surface area contributed by atoms with Crippen LogP contribution in [0.3, 0.4) is 0 Å². The number of aryl methyl sites for hydroxylation is 1. The summed E-state index contributed by atoms with van der Waals surface area (Å²) in [7, 11) is 0. The van der Waals surface area contributed by atoms with Crippen molar-refractivity contribution in [2.24, 2.45) is 0 Å². The third kappa shape index (κ3) is 4.51. The Morgan fingerprint density at radius 2 is 1.92 bits per heavy atom. The van der Waals surface area contributed by atoms with E-state index in [4.69, 9.17) is 4.74 Å². The highest BCUT2D eigenvalue weighted by atomic mass is 79.9. The first-order chi connectivity index (χ1) is 11.6. The number of halogens is 1. The Balaban J connectivity index is 1.39. The summed E-state index contributed by atoms with van der Waals surface area (Å²) in [6.07, 6.45) is 1.47. The lowest BCUT2D eigenvalue weighted by atomic mass is 9.86. The molecule has 2 aromatic carbocycles. The van der Waals surface area contributed by atoms with E-state index in [2.05, 4.69) is 45.6 Å². The van der Waals surface area contributed by atoms with E-state index in [9.17, 15) is 4.79 Å². The first-order valence-corrected chi connectivity index (χ1v) is 8.89. The lowest BCUT2D eigenvalue weighted by molar-refractivity contribution is 0.129. The van der Waals surface area contributed by atoms with Crippen molar-refractivity contribution in [3.63, 3.8) is 0 Å². The van der Waals surface area contributed by atoms with Gasteiger partial charge in [0.05, 0.1) is 0 Å². The molecule has 1 aliphatic carbocycles. The summed E-state index contributed by atoms with van der Waals surface area (Å²) in [5.41, 5.74) is 3.35. The predicted octanol–water partition coefficient (Wildman–Crippen LogP) is 4.63. The molecule has 0 unspecified atom stereocenters. The number of nitrogens with one attached hydrogen (secondary N) is 2. The van der Waals surface area contributed by atoms with Gasteiger partial charge in [0.25, 0.3) is 0 Å². The molecule has 5 heteroatoms. The summed E-state index contributed by atoms with van der Waals surface area (Å²) in [5.74, 6) is 0. The van der Waals surface area contributed by atoms with Crippen LogP contribution in [0.1, 0.15) is 24.0 Å². The molecule has 126 valence electrons. The lowest BCUT2D eigenvalue weighted by Gasteiger charge is -2.37. The van der Waals surface area contributed by atoms with Crippen LogP contribution in [0.5, 0.6) is 0 Å². The maximum Gasteiger partial charge on any atom is 0.407 e. The summed E-state index contributed by atoms with van der Waals surface area (Å²) >= 11 is 3.49. The fourth-order valence-corrected chi connectivity index (χ4v) is 3.12. The van der Waals surface area contributed by atoms with Crippen molar-refractivity contribution in [1.29, 1.82) is 0 Å². The fourth-order valence-electron chi connectivity index (χ4n) is 2.75. The van der Waals surface area contributed by atoms with Crippen LogP contribution < -0.4 is 10.6 Å². The van der Waals surface area contributed by atoms with Crippen LogP contribution in [0.2, 0.25) is 0 Å². The van der Waals surface area contributed by atoms with E-state index in [1.165, 1.54) is 5.56 Å². The highest BCUT2D eigenvalue weighted by molar-refractivity contribution is 9.10. The van der Waals surface area contributed by atoms with Crippen LogP contribution >= 0.6 is 15.9 Å². The number of anilines is 1. The largest absolute Gasteiger partial charge is 0.445 e. The predicted molar refractivity (Wildman–Crippen MR) is 99.1 cm³/mol. The van der Waals surface area contributed by atoms with Gasteiger partial charge in [-0.15, -0.1) is 0 Å². The normalized spacial score (nSPS) is 19.2. The van der Waals surface area contributed by atoms with E-state index < -0.39 is 0 Å². The SMILES string of the molecule is Cc1ccc(Br)cc1NC1CC(NC(=O)OCc2ccccc2)C1. The Labute approximate surface area is 150 Å². The molecule has 0 heterocycles. The smallest absolute Gasteiger partial charge is 0.407 e. The Morgan fingerprint density at radius 3 is 2.67 bits per heavy atom. The second-order valence-corrected chi connectivity index (χ2v) is 7.09. The van der Waals surface area contributed by atoms with Gasteiger partial charge in [-0.3, -0.25) is 0 Å². The maximum atomic E-state index is 11.8. The van der Waals surface area contributed by atoms with E-state index >= 15 is 0 Å². The van der Waals surface area contributed by atoms with Gasteiger partial charge in [0.1, 0.15) is 6.61 Å². The molecule has 3 rings (SSSR count). The molecular formula is C19H21BrN2O2. The van der Waals surface area contributed by atoms with Gasteiger partial charge in [-0.25, -0.2) is 4.79 Å². The molecule has 0 atom stereocenters. The monoisotopic (exact) mass is 388 g/mol. The van der Waals surface area contributed by atoms with E-state index in [1.54, 1.807) is 0 Å². The van der Waals surface area contributed by atoms with Gasteiger partial charge in [0.15, 0.2) is 0 Å². The van der Waals surface area contributed by atoms with Gasteiger partial charge in [-0.2, -0.15) is 0 Å². The maximum absolute atomic E-state index is 11.8. The van der Waals surface area contributed by atoms with E-state index in [-0.39, 0.29) is 12.1 Å². The van der Waals surface area contributed by atoms with Crippen molar-refractivity contribution in [3.8, 4) is 0 Å². The molecule has 1 aliphatic rings. The molecule has 0 aromatic heterocycles. The number of carbonyl (C=O) groups is 1. The van der Waals surface area contributed by atoms with Crippen LogP contribution in [0.4, 0.5) is 10.5 Å². The number of alkyl carbamates (subject to hydrolysis) is 1. The third-order valence-corrected chi connectivity index (χ3v) is 4.73. The number of hydrogen-bond donors (Lipinski definition) is 2. The summed E-state index contributed by atoms with van der Waals surface area (Å²) in [6.45, 7) is 2.39. The average molecular weight is 389 g/mol. The van der Waals surface area contributed by atoms with Crippen LogP contribution in [-0.4, -0.2) is 18.2 Å². The number of ether oxygens (including phenoxy) is 1. The zero-order chi connectivity index (χ0) is 16.9. The van der Waals surface area contributed by atoms with Gasteiger partial charge >= 0.3 is 6.09 Å². The lowest BCUT2D eigenvalue weighted by Crippen LogP contribution is -2.49. The fraction of sp³-hybridized carbons (Fsp3) is 0.316. The number of benzene rings is 2. The number of rotatable bonds is 5. The minimum Gasteiger partial charge on any atom is -0.445 e. The minimum atomic E-state index is -0.346. The molecule has 0 bridgehead atoms. The molecular weight excluding hydrogens is 368 g/mol. The molecule has 4 nitrogen and oxygen atoms in total. The molecule has 0 radical (unpaired) electrons. The molecule has 1 saturated carbocycles. The summed E-state index contributed by atoms with van der Waals surface area (Å²) in [6, 6.07) is 16.5. The Kier molecular flexibility index (Phi) is 5.41. The van der Waals surface area contributed by atoms with Crippen molar-refractivity contribution in [1.82, 2.24) is 5.32 Å². The first kappa shape index (κ1) is 16.8. The zero-order valence-corrected chi connectivity index (χ0v) is 15.2. The van der Waals surface area contributed by atoms with Crippen molar-refractivity contribution in [3.05, 3.63) is 64.1 Å².